The van der Waals surface area contributed by atoms with Crippen LogP contribution in [0, 0.1) is 0 Å². The third-order valence-electron chi connectivity index (χ3n) is 0.816. The van der Waals surface area contributed by atoms with Gasteiger partial charge in [0.25, 0.3) is 0 Å². The first-order valence-corrected chi connectivity index (χ1v) is 4.37. The molecule has 0 bridgehead atoms. The van der Waals surface area contributed by atoms with Crippen molar-refractivity contribution in [3.8, 4) is 0 Å². The molecule has 0 aromatic carbocycles. The molecule has 0 radical (unpaired) electrons. The summed E-state index contributed by atoms with van der Waals surface area (Å²) in [5, 5.41) is 0. The van der Waals surface area contributed by atoms with Crippen molar-refractivity contribution in [2.75, 3.05) is 0 Å². The van der Waals surface area contributed by atoms with Gasteiger partial charge in [-0.25, -0.2) is 0 Å². The summed E-state index contributed by atoms with van der Waals surface area (Å²) >= 11 is 2.22. The van der Waals surface area contributed by atoms with E-state index in [9.17, 15) is 0 Å². The van der Waals surface area contributed by atoms with E-state index in [1.54, 1.807) is 0 Å². The third-order valence-corrected chi connectivity index (χ3v) is 0.816. The van der Waals surface area contributed by atoms with Gasteiger partial charge in [-0.1, -0.05) is 0 Å². The van der Waals surface area contributed by atoms with E-state index in [0.29, 0.717) is 0 Å². The second-order valence-electron chi connectivity index (χ2n) is 2.25. The summed E-state index contributed by atoms with van der Waals surface area (Å²) in [7, 11) is -4.67. The fourth-order valence-electron chi connectivity index (χ4n) is 0. The molecule has 1 unspecified atom stereocenters. The Labute approximate surface area is 70.8 Å². The molecule has 0 amide bonds. The Kier molecular flexibility index (Phi) is 8.11. The van der Waals surface area contributed by atoms with E-state index < -0.39 is 10.4 Å². The van der Waals surface area contributed by atoms with Crippen LogP contribution in [0.15, 0.2) is 0 Å². The van der Waals surface area contributed by atoms with Crippen LogP contribution in [0.5, 0.6) is 0 Å². The van der Waals surface area contributed by atoms with Crippen LogP contribution in [0.3, 0.4) is 0 Å². The van der Waals surface area contributed by atoms with Gasteiger partial charge < -0.3 is 0 Å². The van der Waals surface area contributed by atoms with Crippen LogP contribution in [0.4, 0.5) is 0 Å². The summed E-state index contributed by atoms with van der Waals surface area (Å²) in [6.45, 7) is 4.42. The Balaban J connectivity index is 0. The van der Waals surface area contributed by atoms with Gasteiger partial charge in [-0.15, -0.1) is 0 Å². The quantitative estimate of drug-likeness (QED) is 0.440. The van der Waals surface area contributed by atoms with Gasteiger partial charge in [0.2, 0.25) is 0 Å². The van der Waals surface area contributed by atoms with Gasteiger partial charge >= 0.3 is 53.0 Å². The van der Waals surface area contributed by atoms with Crippen molar-refractivity contribution in [1.82, 2.24) is 0 Å². The molecular formula is C4H11LiO4S. The van der Waals surface area contributed by atoms with Crippen molar-refractivity contribution in [2.24, 2.45) is 0 Å². The van der Waals surface area contributed by atoms with Gasteiger partial charge in [-0.3, -0.25) is 9.11 Å². The Morgan fingerprint density at radius 2 is 1.60 bits per heavy atom. The molecule has 10 heavy (non-hydrogen) atoms. The van der Waals surface area contributed by atoms with Crippen molar-refractivity contribution < 1.29 is 17.5 Å². The zero-order valence-corrected chi connectivity index (χ0v) is 7.22. The molecule has 0 aliphatic heterocycles. The van der Waals surface area contributed by atoms with Gasteiger partial charge in [0.1, 0.15) is 0 Å². The maximum absolute atomic E-state index is 8.74. The molecule has 6 heteroatoms. The van der Waals surface area contributed by atoms with Crippen LogP contribution in [-0.4, -0.2) is 35.2 Å². The van der Waals surface area contributed by atoms with Crippen LogP contribution >= 0.6 is 0 Å². The molecule has 4 nitrogen and oxygen atoms in total. The van der Waals surface area contributed by atoms with Crippen molar-refractivity contribution in [3.05, 3.63) is 0 Å². The van der Waals surface area contributed by atoms with E-state index in [0.717, 1.165) is 4.59 Å². The molecule has 0 saturated heterocycles. The van der Waals surface area contributed by atoms with E-state index >= 15 is 0 Å². The minimum atomic E-state index is -4.67. The van der Waals surface area contributed by atoms with E-state index in [1.165, 1.54) is 6.42 Å². The van der Waals surface area contributed by atoms with Crippen LogP contribution in [0.2, 0.25) is 4.59 Å². The number of rotatable bonds is 1. The maximum atomic E-state index is 8.74. The summed E-state index contributed by atoms with van der Waals surface area (Å²) in [4.78, 5) is 0. The fourth-order valence-corrected chi connectivity index (χ4v) is 0. The summed E-state index contributed by atoms with van der Waals surface area (Å²) in [6.07, 6.45) is 1.31. The van der Waals surface area contributed by atoms with Gasteiger partial charge in [-0.2, -0.15) is 8.42 Å². The topological polar surface area (TPSA) is 74.6 Å². The molecule has 0 fully saturated rings. The van der Waals surface area contributed by atoms with Crippen LogP contribution in [-0.2, 0) is 10.4 Å². The molecular weight excluding hydrogens is 151 g/mol. The molecule has 0 spiro atoms. The molecule has 0 aliphatic rings. The molecule has 0 rings (SSSR count). The van der Waals surface area contributed by atoms with Crippen molar-refractivity contribution in [2.45, 2.75) is 24.9 Å². The van der Waals surface area contributed by atoms with E-state index in [4.69, 9.17) is 17.5 Å². The molecule has 0 aliphatic carbocycles. The molecule has 58 valence electrons. The molecule has 2 N–H and O–H groups in total. The summed E-state index contributed by atoms with van der Waals surface area (Å²) < 4.78 is 32.5. The minimum absolute atomic E-state index is 0.884. The van der Waals surface area contributed by atoms with E-state index in [-0.39, 0.29) is 0 Å². The zero-order chi connectivity index (χ0) is 8.78. The fraction of sp³-hybridized carbons (Fsp3) is 1.00. The average Bonchev–Trinajstić information content (AvgIpc) is 1.61. The summed E-state index contributed by atoms with van der Waals surface area (Å²) in [6, 6.07) is 0. The standard InChI is InChI=1S/C4H9.Li.H2O4S/c1-3-4-2;;1-5(2,3)4/h3H,4H2,1-2H3;;(H2,1,2,3,4). The SMILES string of the molecule is O=S(=O)(O)O.[Li][CH](C)CC. The first-order valence-electron chi connectivity index (χ1n) is 2.97. The van der Waals surface area contributed by atoms with Gasteiger partial charge in [0, 0.05) is 0 Å². The van der Waals surface area contributed by atoms with Crippen LogP contribution < -0.4 is 0 Å². The second kappa shape index (κ2) is 6.20. The molecule has 0 heterocycles. The Bertz CT molecular complexity index is 143. The van der Waals surface area contributed by atoms with E-state index in [2.05, 4.69) is 31.6 Å². The van der Waals surface area contributed by atoms with Crippen molar-refractivity contribution in [3.63, 3.8) is 0 Å². The second-order valence-corrected chi connectivity index (χ2v) is 3.15. The normalized spacial score (nSPS) is 13.4. The number of hydrogen-bond donors (Lipinski definition) is 2. The monoisotopic (exact) mass is 162 g/mol. The average molecular weight is 162 g/mol. The van der Waals surface area contributed by atoms with Crippen LogP contribution in [0.1, 0.15) is 20.3 Å². The van der Waals surface area contributed by atoms with Gasteiger partial charge in [0.15, 0.2) is 0 Å². The van der Waals surface area contributed by atoms with Crippen LogP contribution in [0.25, 0.3) is 0 Å². The predicted octanol–water partition coefficient (Wildman–Crippen LogP) is 0.720. The van der Waals surface area contributed by atoms with Gasteiger partial charge in [0.05, 0.1) is 0 Å². The van der Waals surface area contributed by atoms with Crippen molar-refractivity contribution in [1.29, 1.82) is 0 Å². The van der Waals surface area contributed by atoms with Crippen molar-refractivity contribution >= 4 is 28.1 Å². The first kappa shape index (κ1) is 13.1. The zero-order valence-electron chi connectivity index (χ0n) is 6.40. The Morgan fingerprint density at radius 3 is 1.60 bits per heavy atom. The molecule has 0 saturated carbocycles. The molecule has 1 atom stereocenters. The number of hydrogen-bond acceptors (Lipinski definition) is 2. The van der Waals surface area contributed by atoms with E-state index in [1.807, 2.05) is 0 Å². The molecule has 0 aromatic rings. The Hall–Kier alpha value is 0.467. The first-order chi connectivity index (χ1) is 4.27. The van der Waals surface area contributed by atoms with Gasteiger partial charge in [-0.05, 0) is 0 Å². The Morgan fingerprint density at radius 1 is 1.50 bits per heavy atom. The summed E-state index contributed by atoms with van der Waals surface area (Å²) in [5.74, 6) is 0. The third kappa shape index (κ3) is 77.6. The predicted molar refractivity (Wildman–Crippen MR) is 39.6 cm³/mol. The summed E-state index contributed by atoms with van der Waals surface area (Å²) in [5.41, 5.74) is 0. The molecule has 0 aromatic heterocycles.